The fraction of sp³-hybridized carbons (Fsp3) is 0.0500. The molecule has 0 atom stereocenters. The number of rotatable bonds is 6. The van der Waals surface area contributed by atoms with Gasteiger partial charge in [-0.2, -0.15) is 0 Å². The lowest BCUT2D eigenvalue weighted by Gasteiger charge is -2.23. The van der Waals surface area contributed by atoms with Gasteiger partial charge in [0, 0.05) is 55.0 Å². The topological polar surface area (TPSA) is 48.5 Å². The van der Waals surface area contributed by atoms with E-state index in [2.05, 4.69) is 229 Å². The Labute approximate surface area is 376 Å². The summed E-state index contributed by atoms with van der Waals surface area (Å²) in [6.07, 6.45) is 0. The van der Waals surface area contributed by atoms with Gasteiger partial charge in [0.15, 0.2) is 17.5 Å². The lowest BCUT2D eigenvalue weighted by molar-refractivity contribution is 0.664. The van der Waals surface area contributed by atoms with Gasteiger partial charge in [-0.3, -0.25) is 0 Å². The van der Waals surface area contributed by atoms with Crippen molar-refractivity contribution in [1.82, 2.24) is 24.1 Å². The predicted octanol–water partition coefficient (Wildman–Crippen LogP) is 15.0. The second-order valence-electron chi connectivity index (χ2n) is 17.6. The Bertz CT molecular complexity index is 3780. The largest absolute Gasteiger partial charge is 0.309 e. The summed E-state index contributed by atoms with van der Waals surface area (Å²) >= 11 is 0. The number of hydrogen-bond acceptors (Lipinski definition) is 3. The first-order chi connectivity index (χ1) is 32.0. The minimum atomic E-state index is -0.173. The summed E-state index contributed by atoms with van der Waals surface area (Å²) in [7, 11) is 0. The van der Waals surface area contributed by atoms with Crippen LogP contribution in [0.25, 0.3) is 111 Å². The third-order valence-electron chi connectivity index (χ3n) is 13.6. The van der Waals surface area contributed by atoms with Crippen LogP contribution in [0.15, 0.2) is 212 Å². The van der Waals surface area contributed by atoms with Gasteiger partial charge >= 0.3 is 0 Å². The van der Waals surface area contributed by atoms with E-state index >= 15 is 0 Å². The number of nitrogens with zero attached hydrogens (tertiary/aromatic N) is 5. The molecule has 5 heteroatoms. The number of para-hydroxylation sites is 3. The fourth-order valence-corrected chi connectivity index (χ4v) is 10.5. The fourth-order valence-electron chi connectivity index (χ4n) is 10.5. The summed E-state index contributed by atoms with van der Waals surface area (Å²) in [6, 6.07) is 75.8. The monoisotopic (exact) mass is 831 g/mol. The van der Waals surface area contributed by atoms with Crippen molar-refractivity contribution in [2.45, 2.75) is 19.3 Å². The molecule has 12 aromatic rings. The SMILES string of the molecule is CC1(C)c2ccccc2-c2ccc3c4ccccc4n(-c4ccc(-c5nc(-c6ccc(-c7ccccc7)cc6)nc(-c6cccc(-n7c8ccccc8c8ccccc87)c6)n5)cc4)c3c21. The molecule has 0 radical (unpaired) electrons. The van der Waals surface area contributed by atoms with Crippen LogP contribution in [0, 0.1) is 0 Å². The minimum absolute atomic E-state index is 0.173. The maximum absolute atomic E-state index is 5.25. The van der Waals surface area contributed by atoms with Gasteiger partial charge in [-0.25, -0.2) is 15.0 Å². The van der Waals surface area contributed by atoms with Crippen molar-refractivity contribution in [3.8, 4) is 67.8 Å². The van der Waals surface area contributed by atoms with E-state index in [-0.39, 0.29) is 5.41 Å². The predicted molar refractivity (Wildman–Crippen MR) is 268 cm³/mol. The number of benzene rings is 9. The van der Waals surface area contributed by atoms with E-state index in [0.717, 1.165) is 44.7 Å². The molecule has 3 aromatic heterocycles. The Morgan fingerprint density at radius 3 is 1.49 bits per heavy atom. The van der Waals surface area contributed by atoms with Crippen molar-refractivity contribution in [1.29, 1.82) is 0 Å². The Morgan fingerprint density at radius 1 is 0.338 bits per heavy atom. The van der Waals surface area contributed by atoms with Crippen LogP contribution in [-0.4, -0.2) is 24.1 Å². The third-order valence-corrected chi connectivity index (χ3v) is 13.6. The standard InChI is InChI=1S/C60H41N5/c1-60(2)51-23-10-6-19-45(51)49-35-36-50-48-22-9-13-26-54(48)65(56(50)55(49)60)43-33-31-41(32-34-43)58-61-57(40-29-27-39(28-30-40)38-15-4-3-5-16-38)62-59(63-58)42-17-14-18-44(37-42)64-52-24-11-7-20-46(52)47-21-8-12-25-53(47)64/h3-37H,1-2H3. The molecule has 0 bridgehead atoms. The molecule has 13 rings (SSSR count). The van der Waals surface area contributed by atoms with E-state index in [9.17, 15) is 0 Å². The van der Waals surface area contributed by atoms with Crippen LogP contribution in [-0.2, 0) is 5.41 Å². The van der Waals surface area contributed by atoms with Crippen molar-refractivity contribution in [2.24, 2.45) is 0 Å². The van der Waals surface area contributed by atoms with Gasteiger partial charge in [0.25, 0.3) is 0 Å². The second kappa shape index (κ2) is 14.3. The van der Waals surface area contributed by atoms with Crippen LogP contribution in [0.5, 0.6) is 0 Å². The van der Waals surface area contributed by atoms with Crippen molar-refractivity contribution >= 4 is 43.6 Å². The molecular formula is C60H41N5. The zero-order valence-electron chi connectivity index (χ0n) is 35.9. The molecule has 0 spiro atoms. The average Bonchev–Trinajstić information content (AvgIpc) is 3.97. The Hall–Kier alpha value is -8.41. The summed E-state index contributed by atoms with van der Waals surface area (Å²) < 4.78 is 4.79. The quantitative estimate of drug-likeness (QED) is 0.168. The van der Waals surface area contributed by atoms with Gasteiger partial charge in [-0.1, -0.05) is 172 Å². The zero-order valence-corrected chi connectivity index (χ0v) is 35.9. The molecule has 5 nitrogen and oxygen atoms in total. The van der Waals surface area contributed by atoms with Crippen LogP contribution in [0.3, 0.4) is 0 Å². The molecule has 1 aliphatic carbocycles. The number of hydrogen-bond donors (Lipinski definition) is 0. The maximum Gasteiger partial charge on any atom is 0.164 e. The molecule has 3 heterocycles. The van der Waals surface area contributed by atoms with Gasteiger partial charge in [0.05, 0.1) is 22.1 Å². The first-order valence-corrected chi connectivity index (χ1v) is 22.3. The molecule has 0 aliphatic heterocycles. The molecular weight excluding hydrogens is 791 g/mol. The molecule has 0 saturated heterocycles. The molecule has 65 heavy (non-hydrogen) atoms. The summed E-state index contributed by atoms with van der Waals surface area (Å²) in [5.74, 6) is 1.85. The summed E-state index contributed by atoms with van der Waals surface area (Å²) in [5.41, 5.74) is 17.1. The third kappa shape index (κ3) is 5.75. The van der Waals surface area contributed by atoms with Crippen molar-refractivity contribution < 1.29 is 0 Å². The van der Waals surface area contributed by atoms with Crippen molar-refractivity contribution in [3.05, 3.63) is 223 Å². The minimum Gasteiger partial charge on any atom is -0.309 e. The van der Waals surface area contributed by atoms with E-state index < -0.39 is 0 Å². The molecule has 0 fully saturated rings. The lowest BCUT2D eigenvalue weighted by Crippen LogP contribution is -2.16. The van der Waals surface area contributed by atoms with Gasteiger partial charge in [0.2, 0.25) is 0 Å². The van der Waals surface area contributed by atoms with Crippen LogP contribution < -0.4 is 0 Å². The van der Waals surface area contributed by atoms with Gasteiger partial charge < -0.3 is 9.13 Å². The number of fused-ring (bicyclic) bond motifs is 10. The molecule has 306 valence electrons. The first kappa shape index (κ1) is 37.2. The smallest absolute Gasteiger partial charge is 0.164 e. The zero-order chi connectivity index (χ0) is 43.2. The highest BCUT2D eigenvalue weighted by Crippen LogP contribution is 2.53. The molecule has 0 N–H and O–H groups in total. The molecule has 1 aliphatic rings. The van der Waals surface area contributed by atoms with Crippen LogP contribution in [0.1, 0.15) is 25.0 Å². The summed E-state index contributed by atoms with van der Waals surface area (Å²) in [6.45, 7) is 4.73. The molecule has 0 saturated carbocycles. The highest BCUT2D eigenvalue weighted by molar-refractivity contribution is 6.13. The van der Waals surface area contributed by atoms with E-state index in [1.807, 2.05) is 6.07 Å². The van der Waals surface area contributed by atoms with E-state index in [0.29, 0.717) is 17.5 Å². The Morgan fingerprint density at radius 2 is 0.831 bits per heavy atom. The second-order valence-corrected chi connectivity index (χ2v) is 17.6. The highest BCUT2D eigenvalue weighted by atomic mass is 15.0. The van der Waals surface area contributed by atoms with E-state index in [1.54, 1.807) is 0 Å². The Kier molecular flexibility index (Phi) is 8.18. The summed E-state index contributed by atoms with van der Waals surface area (Å²) in [4.78, 5) is 15.7. The van der Waals surface area contributed by atoms with E-state index in [1.165, 1.54) is 60.4 Å². The molecule has 0 unspecified atom stereocenters. The molecule has 0 amide bonds. The van der Waals surface area contributed by atoms with Gasteiger partial charge in [-0.15, -0.1) is 0 Å². The van der Waals surface area contributed by atoms with Crippen molar-refractivity contribution in [3.63, 3.8) is 0 Å². The molecule has 9 aromatic carbocycles. The summed E-state index contributed by atoms with van der Waals surface area (Å²) in [5, 5.41) is 4.95. The highest BCUT2D eigenvalue weighted by Gasteiger charge is 2.38. The van der Waals surface area contributed by atoms with E-state index in [4.69, 9.17) is 15.0 Å². The lowest BCUT2D eigenvalue weighted by atomic mass is 9.81. The van der Waals surface area contributed by atoms with Crippen molar-refractivity contribution in [2.75, 3.05) is 0 Å². The number of aromatic nitrogens is 5. The van der Waals surface area contributed by atoms with Gasteiger partial charge in [-0.05, 0) is 88.0 Å². The Balaban J connectivity index is 0.965. The van der Waals surface area contributed by atoms with Crippen LogP contribution in [0.4, 0.5) is 0 Å². The average molecular weight is 832 g/mol. The van der Waals surface area contributed by atoms with Gasteiger partial charge in [0.1, 0.15) is 0 Å². The van der Waals surface area contributed by atoms with Crippen LogP contribution in [0.2, 0.25) is 0 Å². The van der Waals surface area contributed by atoms with Crippen LogP contribution >= 0.6 is 0 Å². The first-order valence-electron chi connectivity index (χ1n) is 22.3. The normalized spacial score (nSPS) is 12.9. The maximum atomic E-state index is 5.25.